The Kier molecular flexibility index (Phi) is 9.75. The highest BCUT2D eigenvalue weighted by Gasteiger charge is 2.24. The molecule has 2 aromatic heterocycles. The number of aromatic nitrogens is 1. The van der Waals surface area contributed by atoms with Crippen LogP contribution in [-0.4, -0.2) is 4.57 Å². The molecule has 0 aliphatic carbocycles. The first-order chi connectivity index (χ1) is 35.2. The number of anilines is 3. The van der Waals surface area contributed by atoms with Crippen molar-refractivity contribution in [2.75, 3.05) is 4.90 Å². The van der Waals surface area contributed by atoms with Crippen molar-refractivity contribution in [1.82, 2.24) is 4.57 Å². The third-order valence-electron chi connectivity index (χ3n) is 14.4. The lowest BCUT2D eigenvalue weighted by Gasteiger charge is -2.30. The summed E-state index contributed by atoms with van der Waals surface area (Å²) in [5, 5.41) is 10.1. The largest absolute Gasteiger partial charge is 0.309 e. The number of para-hydroxylation sites is 2. The standard InChI is InChI=1S/C68H44N2S/c1-3-17-45(18-4-1)49-36-41-64(61(44-49)46-19-5-2-6-20-46)69(51-37-33-48(34-38-51)54-28-16-29-56-53-24-8-7-21-47(53)35-39-57(54)56)65-42-40-55(68-67(65)60-27-11-14-32-66(60)71-68)50-22-15-23-52(43-50)70-62-30-12-9-25-58(62)59-26-10-13-31-63(59)70/h1-44H. The Bertz CT molecular complexity index is 4280. The summed E-state index contributed by atoms with van der Waals surface area (Å²) in [5.41, 5.74) is 16.4. The van der Waals surface area contributed by atoms with Crippen LogP contribution in [0.2, 0.25) is 0 Å². The van der Waals surface area contributed by atoms with E-state index in [2.05, 4.69) is 276 Å². The fraction of sp³-hybridized carbons (Fsp3) is 0. The van der Waals surface area contributed by atoms with Crippen LogP contribution in [0, 0.1) is 0 Å². The number of hydrogen-bond donors (Lipinski definition) is 0. The Morgan fingerprint density at radius 2 is 0.901 bits per heavy atom. The summed E-state index contributed by atoms with van der Waals surface area (Å²) in [6.07, 6.45) is 0. The molecule has 2 heterocycles. The fourth-order valence-corrected chi connectivity index (χ4v) is 12.4. The van der Waals surface area contributed by atoms with Crippen LogP contribution in [0.5, 0.6) is 0 Å². The molecule has 0 saturated carbocycles. The number of hydrogen-bond acceptors (Lipinski definition) is 2. The summed E-state index contributed by atoms with van der Waals surface area (Å²) in [4.78, 5) is 2.51. The molecule has 0 radical (unpaired) electrons. The van der Waals surface area contributed by atoms with Gasteiger partial charge in [-0.15, -0.1) is 11.3 Å². The molecule has 0 N–H and O–H groups in total. The lowest BCUT2D eigenvalue weighted by molar-refractivity contribution is 1.18. The van der Waals surface area contributed by atoms with Crippen LogP contribution in [0.3, 0.4) is 0 Å². The molecule has 0 amide bonds. The third-order valence-corrected chi connectivity index (χ3v) is 15.6. The van der Waals surface area contributed by atoms with Crippen LogP contribution in [0.4, 0.5) is 17.1 Å². The fourth-order valence-electron chi connectivity index (χ4n) is 11.1. The van der Waals surface area contributed by atoms with Gasteiger partial charge < -0.3 is 9.47 Å². The Labute approximate surface area is 416 Å². The van der Waals surface area contributed by atoms with Gasteiger partial charge in [-0.2, -0.15) is 0 Å². The summed E-state index contributed by atoms with van der Waals surface area (Å²) >= 11 is 1.88. The van der Waals surface area contributed by atoms with Gasteiger partial charge in [0.2, 0.25) is 0 Å². The molecular formula is C68H44N2S. The van der Waals surface area contributed by atoms with Gasteiger partial charge in [0.15, 0.2) is 0 Å². The van der Waals surface area contributed by atoms with Crippen molar-refractivity contribution in [2.45, 2.75) is 0 Å². The second kappa shape index (κ2) is 16.9. The van der Waals surface area contributed by atoms with E-state index in [-0.39, 0.29) is 0 Å². The van der Waals surface area contributed by atoms with Gasteiger partial charge in [-0.25, -0.2) is 0 Å². The quantitative estimate of drug-likeness (QED) is 0.138. The Balaban J connectivity index is 0.993. The van der Waals surface area contributed by atoms with Crippen molar-refractivity contribution in [1.29, 1.82) is 0 Å². The van der Waals surface area contributed by atoms with Crippen LogP contribution < -0.4 is 4.90 Å². The zero-order valence-corrected chi connectivity index (χ0v) is 39.5. The maximum atomic E-state index is 2.51. The molecule has 0 bridgehead atoms. The predicted molar refractivity (Wildman–Crippen MR) is 305 cm³/mol. The maximum absolute atomic E-state index is 2.51. The van der Waals surface area contributed by atoms with Crippen molar-refractivity contribution in [3.8, 4) is 50.2 Å². The van der Waals surface area contributed by atoms with Gasteiger partial charge >= 0.3 is 0 Å². The summed E-state index contributed by atoms with van der Waals surface area (Å²) in [5.74, 6) is 0. The minimum atomic E-state index is 1.08. The monoisotopic (exact) mass is 920 g/mol. The van der Waals surface area contributed by atoms with E-state index in [9.17, 15) is 0 Å². The van der Waals surface area contributed by atoms with Gasteiger partial charge in [-0.1, -0.05) is 206 Å². The lowest BCUT2D eigenvalue weighted by Crippen LogP contribution is -2.12. The number of thiophene rings is 1. The minimum Gasteiger partial charge on any atom is -0.309 e. The van der Waals surface area contributed by atoms with E-state index in [4.69, 9.17) is 0 Å². The van der Waals surface area contributed by atoms with Crippen molar-refractivity contribution >= 4 is 91.9 Å². The van der Waals surface area contributed by atoms with Crippen LogP contribution in [0.1, 0.15) is 0 Å². The van der Waals surface area contributed by atoms with Gasteiger partial charge in [0.05, 0.1) is 22.4 Å². The predicted octanol–water partition coefficient (Wildman–Crippen LogP) is 19.6. The molecule has 3 heteroatoms. The van der Waals surface area contributed by atoms with Crippen LogP contribution >= 0.6 is 11.3 Å². The molecule has 12 aromatic carbocycles. The molecule has 332 valence electrons. The van der Waals surface area contributed by atoms with Crippen LogP contribution in [-0.2, 0) is 0 Å². The van der Waals surface area contributed by atoms with Crippen molar-refractivity contribution in [3.05, 3.63) is 267 Å². The smallest absolute Gasteiger partial charge is 0.0555 e. The average Bonchev–Trinajstić information content (AvgIpc) is 4.01. The number of benzene rings is 12. The Hall–Kier alpha value is -9.02. The normalized spacial score (nSPS) is 11.7. The molecule has 0 spiro atoms. The van der Waals surface area contributed by atoms with E-state index in [1.165, 1.54) is 96.9 Å². The molecular weight excluding hydrogens is 877 g/mol. The van der Waals surface area contributed by atoms with Crippen molar-refractivity contribution < 1.29 is 0 Å². The first-order valence-electron chi connectivity index (χ1n) is 24.3. The first kappa shape index (κ1) is 41.0. The number of fused-ring (bicyclic) bond motifs is 9. The van der Waals surface area contributed by atoms with Gasteiger partial charge in [-0.05, 0) is 121 Å². The van der Waals surface area contributed by atoms with E-state index in [0.717, 1.165) is 33.9 Å². The van der Waals surface area contributed by atoms with Crippen molar-refractivity contribution in [3.63, 3.8) is 0 Å². The van der Waals surface area contributed by atoms with Gasteiger partial charge in [0.1, 0.15) is 0 Å². The van der Waals surface area contributed by atoms with E-state index in [1.54, 1.807) is 0 Å². The second-order valence-corrected chi connectivity index (χ2v) is 19.4. The van der Waals surface area contributed by atoms with E-state index in [1.807, 2.05) is 11.3 Å². The van der Waals surface area contributed by atoms with E-state index in [0.29, 0.717) is 0 Å². The summed E-state index contributed by atoms with van der Waals surface area (Å²) in [6, 6.07) is 98.1. The molecule has 14 rings (SSSR count). The molecule has 0 aliphatic rings. The van der Waals surface area contributed by atoms with Crippen LogP contribution in [0.25, 0.3) is 114 Å². The third kappa shape index (κ3) is 6.85. The van der Waals surface area contributed by atoms with Gasteiger partial charge in [0, 0.05) is 47.9 Å². The zero-order valence-electron chi connectivity index (χ0n) is 38.7. The minimum absolute atomic E-state index is 1.08. The SMILES string of the molecule is c1ccc(-c2ccc(N(c3ccc(-c4cccc5c4ccc4ccccc45)cc3)c3ccc(-c4cccc(-n5c6ccccc6c6ccccc65)c4)c4sc5ccccc5c34)c(-c3ccccc3)c2)cc1. The van der Waals surface area contributed by atoms with E-state index >= 15 is 0 Å². The molecule has 14 aromatic rings. The molecule has 0 aliphatic heterocycles. The van der Waals surface area contributed by atoms with Crippen LogP contribution in [0.15, 0.2) is 267 Å². The maximum Gasteiger partial charge on any atom is 0.0555 e. The summed E-state index contributed by atoms with van der Waals surface area (Å²) < 4.78 is 4.94. The molecule has 0 unspecified atom stereocenters. The highest BCUT2D eigenvalue weighted by atomic mass is 32.1. The van der Waals surface area contributed by atoms with Gasteiger partial charge in [0.25, 0.3) is 0 Å². The highest BCUT2D eigenvalue weighted by molar-refractivity contribution is 7.26. The Morgan fingerprint density at radius 1 is 0.310 bits per heavy atom. The number of nitrogens with zero attached hydrogens (tertiary/aromatic N) is 2. The van der Waals surface area contributed by atoms with Gasteiger partial charge in [-0.3, -0.25) is 0 Å². The molecule has 2 nitrogen and oxygen atoms in total. The molecule has 0 saturated heterocycles. The topological polar surface area (TPSA) is 8.17 Å². The molecule has 71 heavy (non-hydrogen) atoms. The summed E-state index contributed by atoms with van der Waals surface area (Å²) in [6.45, 7) is 0. The summed E-state index contributed by atoms with van der Waals surface area (Å²) in [7, 11) is 0. The zero-order chi connectivity index (χ0) is 46.8. The lowest BCUT2D eigenvalue weighted by atomic mass is 9.94. The Morgan fingerprint density at radius 3 is 1.68 bits per heavy atom. The second-order valence-electron chi connectivity index (χ2n) is 18.4. The molecule has 0 atom stereocenters. The van der Waals surface area contributed by atoms with E-state index < -0.39 is 0 Å². The van der Waals surface area contributed by atoms with Crippen molar-refractivity contribution in [2.24, 2.45) is 0 Å². The first-order valence-corrected chi connectivity index (χ1v) is 25.1. The molecule has 0 fully saturated rings. The highest BCUT2D eigenvalue weighted by Crippen LogP contribution is 2.51. The number of rotatable bonds is 8. The average molecular weight is 921 g/mol.